The van der Waals surface area contributed by atoms with E-state index in [1.165, 1.54) is 25.5 Å². The Balaban J connectivity index is 2.65. The lowest BCUT2D eigenvalue weighted by Crippen LogP contribution is -2.15. The van der Waals surface area contributed by atoms with Gasteiger partial charge in [-0.05, 0) is 61.5 Å². The van der Waals surface area contributed by atoms with E-state index in [4.69, 9.17) is 9.47 Å². The maximum absolute atomic E-state index is 12.0. The summed E-state index contributed by atoms with van der Waals surface area (Å²) >= 11 is 0. The van der Waals surface area contributed by atoms with Crippen molar-refractivity contribution in [3.8, 4) is 5.75 Å². The molecule has 0 aromatic heterocycles. The average molecular weight is 402 g/mol. The molecule has 1 aromatic carbocycles. The van der Waals surface area contributed by atoms with E-state index in [2.05, 4.69) is 33.1 Å². The Bertz CT molecular complexity index is 761. The van der Waals surface area contributed by atoms with E-state index in [0.29, 0.717) is 11.5 Å². The second kappa shape index (κ2) is 11.1. The SMILES string of the molecule is C=C=C(COc1c([N+](=O)[O-])cc2c(c1C(CC)CC)CCC(CC)CCC2)OC. The summed E-state index contributed by atoms with van der Waals surface area (Å²) in [4.78, 5) is 11.6. The molecule has 160 valence electrons. The number of hydrogen-bond acceptors (Lipinski definition) is 4. The van der Waals surface area contributed by atoms with Crippen LogP contribution in [0.4, 0.5) is 5.69 Å². The molecule has 1 unspecified atom stereocenters. The summed E-state index contributed by atoms with van der Waals surface area (Å²) in [7, 11) is 1.53. The number of nitro benzene ring substituents is 1. The predicted octanol–water partition coefficient (Wildman–Crippen LogP) is 6.49. The van der Waals surface area contributed by atoms with Crippen LogP contribution in [0.15, 0.2) is 24.1 Å². The van der Waals surface area contributed by atoms with Crippen LogP contribution in [0.1, 0.15) is 81.9 Å². The first-order valence-corrected chi connectivity index (χ1v) is 10.9. The fraction of sp³-hybridized carbons (Fsp3) is 0.625. The lowest BCUT2D eigenvalue weighted by molar-refractivity contribution is -0.386. The number of nitrogens with zero attached hydrogens (tertiary/aromatic N) is 1. The molecular formula is C24H35NO4. The van der Waals surface area contributed by atoms with Crippen LogP contribution in [0.25, 0.3) is 0 Å². The second-order valence-electron chi connectivity index (χ2n) is 7.84. The van der Waals surface area contributed by atoms with E-state index >= 15 is 0 Å². The zero-order chi connectivity index (χ0) is 21.4. The maximum Gasteiger partial charge on any atom is 0.311 e. The summed E-state index contributed by atoms with van der Waals surface area (Å²) in [6.45, 7) is 10.2. The Labute approximate surface area is 174 Å². The third-order valence-electron chi connectivity index (χ3n) is 6.32. The van der Waals surface area contributed by atoms with E-state index in [-0.39, 0.29) is 23.1 Å². The molecule has 1 aliphatic carbocycles. The monoisotopic (exact) mass is 401 g/mol. The first-order valence-electron chi connectivity index (χ1n) is 10.9. The van der Waals surface area contributed by atoms with Gasteiger partial charge in [-0.25, -0.2) is 0 Å². The number of hydrogen-bond donors (Lipinski definition) is 0. The van der Waals surface area contributed by atoms with Crippen LogP contribution in [0, 0.1) is 16.0 Å². The van der Waals surface area contributed by atoms with Gasteiger partial charge in [0.15, 0.2) is 12.4 Å². The van der Waals surface area contributed by atoms with E-state index < -0.39 is 0 Å². The highest BCUT2D eigenvalue weighted by atomic mass is 16.6. The summed E-state index contributed by atoms with van der Waals surface area (Å²) in [6.07, 6.45) is 8.30. The van der Waals surface area contributed by atoms with Crippen LogP contribution < -0.4 is 4.74 Å². The van der Waals surface area contributed by atoms with Crippen molar-refractivity contribution in [1.82, 2.24) is 0 Å². The molecule has 0 N–H and O–H groups in total. The molecule has 29 heavy (non-hydrogen) atoms. The summed E-state index contributed by atoms with van der Waals surface area (Å²) < 4.78 is 11.2. The Hall–Kier alpha value is -2.26. The van der Waals surface area contributed by atoms with E-state index in [0.717, 1.165) is 55.6 Å². The van der Waals surface area contributed by atoms with Crippen molar-refractivity contribution in [2.75, 3.05) is 13.7 Å². The quantitative estimate of drug-likeness (QED) is 0.205. The van der Waals surface area contributed by atoms with Crippen LogP contribution in [0.5, 0.6) is 5.75 Å². The van der Waals surface area contributed by atoms with Gasteiger partial charge in [-0.3, -0.25) is 10.1 Å². The van der Waals surface area contributed by atoms with Crippen LogP contribution in [-0.4, -0.2) is 18.6 Å². The van der Waals surface area contributed by atoms with Gasteiger partial charge in [-0.1, -0.05) is 45.9 Å². The molecule has 0 aliphatic heterocycles. The molecule has 0 heterocycles. The van der Waals surface area contributed by atoms with Crippen molar-refractivity contribution in [1.29, 1.82) is 0 Å². The Morgan fingerprint density at radius 1 is 1.31 bits per heavy atom. The van der Waals surface area contributed by atoms with E-state index in [1.54, 1.807) is 6.07 Å². The number of benzene rings is 1. The highest BCUT2D eigenvalue weighted by molar-refractivity contribution is 5.60. The van der Waals surface area contributed by atoms with Gasteiger partial charge in [0, 0.05) is 11.6 Å². The number of ether oxygens (including phenoxy) is 2. The molecule has 1 aliphatic rings. The smallest absolute Gasteiger partial charge is 0.311 e. The molecule has 0 amide bonds. The van der Waals surface area contributed by atoms with Gasteiger partial charge in [0.05, 0.1) is 12.0 Å². The van der Waals surface area contributed by atoms with Crippen LogP contribution in [0.3, 0.4) is 0 Å². The molecule has 0 fully saturated rings. The minimum absolute atomic E-state index is 0.0674. The number of rotatable bonds is 9. The summed E-state index contributed by atoms with van der Waals surface area (Å²) in [5.41, 5.74) is 6.20. The zero-order valence-electron chi connectivity index (χ0n) is 18.4. The molecule has 0 spiro atoms. The van der Waals surface area contributed by atoms with Crippen molar-refractivity contribution >= 4 is 5.69 Å². The molecule has 0 bridgehead atoms. The van der Waals surface area contributed by atoms with Gasteiger partial charge in [0.2, 0.25) is 5.75 Å². The van der Waals surface area contributed by atoms with Gasteiger partial charge < -0.3 is 9.47 Å². The largest absolute Gasteiger partial charge is 0.489 e. The van der Waals surface area contributed by atoms with E-state index in [1.807, 2.05) is 0 Å². The number of fused-ring (bicyclic) bond motifs is 1. The molecule has 0 saturated carbocycles. The summed E-state index contributed by atoms with van der Waals surface area (Å²) in [5, 5.41) is 12.0. The Morgan fingerprint density at radius 2 is 2.03 bits per heavy atom. The summed E-state index contributed by atoms with van der Waals surface area (Å²) in [5.74, 6) is 1.80. The standard InChI is InChI=1S/C24H35NO4/c1-6-17-11-10-12-19-15-22(25(26)27)24(29-16-20(9-4)28-5)23(18(7-2)8-3)21(19)14-13-17/h15,17-18H,4,6-8,10-14,16H2,1-3,5H3. The number of methoxy groups -OCH3 is 1. The first kappa shape index (κ1) is 23.0. The Morgan fingerprint density at radius 3 is 2.59 bits per heavy atom. The highest BCUT2D eigenvalue weighted by Crippen LogP contribution is 2.44. The molecule has 5 heteroatoms. The molecule has 2 rings (SSSR count). The molecular weight excluding hydrogens is 366 g/mol. The number of aryl methyl sites for hydroxylation is 1. The first-order chi connectivity index (χ1) is 14.0. The number of nitro groups is 1. The molecule has 1 atom stereocenters. The van der Waals surface area contributed by atoms with Crippen molar-refractivity contribution in [2.45, 2.75) is 78.1 Å². The van der Waals surface area contributed by atoms with Crippen LogP contribution >= 0.6 is 0 Å². The molecule has 5 nitrogen and oxygen atoms in total. The van der Waals surface area contributed by atoms with Crippen LogP contribution in [-0.2, 0) is 17.6 Å². The van der Waals surface area contributed by atoms with Gasteiger partial charge in [-0.2, -0.15) is 0 Å². The van der Waals surface area contributed by atoms with E-state index in [9.17, 15) is 10.1 Å². The fourth-order valence-corrected chi connectivity index (χ4v) is 4.50. The minimum atomic E-state index is -0.306. The molecule has 0 saturated heterocycles. The average Bonchev–Trinajstić information content (AvgIpc) is 2.71. The fourth-order valence-electron chi connectivity index (χ4n) is 4.50. The van der Waals surface area contributed by atoms with Crippen molar-refractivity contribution in [2.24, 2.45) is 5.92 Å². The lowest BCUT2D eigenvalue weighted by atomic mass is 9.79. The minimum Gasteiger partial charge on any atom is -0.489 e. The normalized spacial score (nSPS) is 16.4. The van der Waals surface area contributed by atoms with Gasteiger partial charge in [0.25, 0.3) is 0 Å². The Kier molecular flexibility index (Phi) is 8.78. The third kappa shape index (κ3) is 5.42. The van der Waals surface area contributed by atoms with Gasteiger partial charge >= 0.3 is 5.69 Å². The molecule has 1 aromatic rings. The third-order valence-corrected chi connectivity index (χ3v) is 6.32. The molecule has 0 radical (unpaired) electrons. The topological polar surface area (TPSA) is 61.6 Å². The lowest BCUT2D eigenvalue weighted by Gasteiger charge is -2.27. The highest BCUT2D eigenvalue weighted by Gasteiger charge is 2.30. The van der Waals surface area contributed by atoms with Crippen molar-refractivity contribution in [3.63, 3.8) is 0 Å². The second-order valence-corrected chi connectivity index (χ2v) is 7.84. The van der Waals surface area contributed by atoms with Crippen molar-refractivity contribution < 1.29 is 14.4 Å². The van der Waals surface area contributed by atoms with Gasteiger partial charge in [0.1, 0.15) is 0 Å². The zero-order valence-corrected chi connectivity index (χ0v) is 18.4. The maximum atomic E-state index is 12.0. The van der Waals surface area contributed by atoms with Gasteiger partial charge in [-0.15, -0.1) is 0 Å². The summed E-state index contributed by atoms with van der Waals surface area (Å²) in [6, 6.07) is 1.76. The predicted molar refractivity (Wildman–Crippen MR) is 117 cm³/mol. The van der Waals surface area contributed by atoms with Crippen molar-refractivity contribution in [3.05, 3.63) is 50.9 Å². The van der Waals surface area contributed by atoms with Crippen LogP contribution in [0.2, 0.25) is 0 Å².